The number of nitrogens with one attached hydrogen (secondary N) is 1. The van der Waals surface area contributed by atoms with Crippen molar-refractivity contribution in [2.75, 3.05) is 0 Å². The average molecular weight is 269 g/mol. The molecule has 100 valence electrons. The average Bonchev–Trinajstić information content (AvgIpc) is 2.88. The van der Waals surface area contributed by atoms with Gasteiger partial charge < -0.3 is 4.74 Å². The van der Waals surface area contributed by atoms with Gasteiger partial charge in [0.1, 0.15) is 5.75 Å². The second-order valence-corrected chi connectivity index (χ2v) is 4.45. The molecule has 0 aliphatic heterocycles. The van der Waals surface area contributed by atoms with E-state index < -0.39 is 4.92 Å². The Morgan fingerprint density at radius 2 is 2.10 bits per heavy atom. The fourth-order valence-electron chi connectivity index (χ4n) is 1.96. The Labute approximate surface area is 114 Å². The summed E-state index contributed by atoms with van der Waals surface area (Å²) in [4.78, 5) is 10.6. The standard InChI is InChI=1S/C14H11N3O3/c1-9-2-5-14(13(6-9)17(18)19)20-11-4-3-10-8-15-16-12(10)7-11/h2-8H,1H3,(H,15,16). The van der Waals surface area contributed by atoms with Gasteiger partial charge in [-0.3, -0.25) is 15.2 Å². The maximum absolute atomic E-state index is 11.0. The van der Waals surface area contributed by atoms with Crippen molar-refractivity contribution in [1.29, 1.82) is 0 Å². The van der Waals surface area contributed by atoms with Gasteiger partial charge in [0.2, 0.25) is 5.75 Å². The van der Waals surface area contributed by atoms with Crippen molar-refractivity contribution in [1.82, 2.24) is 10.2 Å². The van der Waals surface area contributed by atoms with E-state index in [-0.39, 0.29) is 11.4 Å². The molecular weight excluding hydrogens is 258 g/mol. The van der Waals surface area contributed by atoms with Crippen molar-refractivity contribution in [3.8, 4) is 11.5 Å². The van der Waals surface area contributed by atoms with Gasteiger partial charge in [-0.1, -0.05) is 6.07 Å². The highest BCUT2D eigenvalue weighted by atomic mass is 16.6. The predicted octanol–water partition coefficient (Wildman–Crippen LogP) is 3.57. The molecule has 20 heavy (non-hydrogen) atoms. The van der Waals surface area contributed by atoms with Crippen LogP contribution in [0.4, 0.5) is 5.69 Å². The zero-order valence-electron chi connectivity index (χ0n) is 10.7. The first-order valence-electron chi connectivity index (χ1n) is 5.99. The van der Waals surface area contributed by atoms with Gasteiger partial charge in [-0.05, 0) is 30.7 Å². The highest BCUT2D eigenvalue weighted by molar-refractivity contribution is 5.79. The van der Waals surface area contributed by atoms with Gasteiger partial charge in [-0.2, -0.15) is 5.10 Å². The fourth-order valence-corrected chi connectivity index (χ4v) is 1.96. The molecule has 6 nitrogen and oxygen atoms in total. The van der Waals surface area contributed by atoms with E-state index >= 15 is 0 Å². The van der Waals surface area contributed by atoms with Crippen molar-refractivity contribution >= 4 is 16.6 Å². The molecule has 0 aliphatic rings. The molecule has 6 heteroatoms. The lowest BCUT2D eigenvalue weighted by molar-refractivity contribution is -0.385. The number of rotatable bonds is 3. The van der Waals surface area contributed by atoms with Crippen LogP contribution in [0, 0.1) is 17.0 Å². The van der Waals surface area contributed by atoms with Gasteiger partial charge in [0.15, 0.2) is 0 Å². The summed E-state index contributed by atoms with van der Waals surface area (Å²) in [5, 5.41) is 18.7. The van der Waals surface area contributed by atoms with Crippen LogP contribution in [0.25, 0.3) is 10.9 Å². The molecule has 0 saturated heterocycles. The quantitative estimate of drug-likeness (QED) is 0.582. The van der Waals surface area contributed by atoms with Gasteiger partial charge in [-0.25, -0.2) is 0 Å². The zero-order chi connectivity index (χ0) is 14.1. The number of hydrogen-bond donors (Lipinski definition) is 1. The molecule has 1 heterocycles. The number of aromatic nitrogens is 2. The minimum Gasteiger partial charge on any atom is -0.450 e. The molecule has 0 saturated carbocycles. The largest absolute Gasteiger partial charge is 0.450 e. The molecule has 1 N–H and O–H groups in total. The molecule has 0 atom stereocenters. The van der Waals surface area contributed by atoms with Gasteiger partial charge in [0, 0.05) is 17.5 Å². The number of aromatic amines is 1. The first kappa shape index (κ1) is 12.2. The summed E-state index contributed by atoms with van der Waals surface area (Å²) in [6.07, 6.45) is 1.70. The maximum atomic E-state index is 11.0. The fraction of sp³-hybridized carbons (Fsp3) is 0.0714. The van der Waals surface area contributed by atoms with Crippen molar-refractivity contribution in [2.45, 2.75) is 6.92 Å². The second-order valence-electron chi connectivity index (χ2n) is 4.45. The lowest BCUT2D eigenvalue weighted by Gasteiger charge is -2.06. The molecular formula is C14H11N3O3. The van der Waals surface area contributed by atoms with Crippen LogP contribution >= 0.6 is 0 Å². The number of nitrogens with zero attached hydrogens (tertiary/aromatic N) is 2. The summed E-state index contributed by atoms with van der Waals surface area (Å²) in [7, 11) is 0. The molecule has 0 bridgehead atoms. The van der Waals surface area contributed by atoms with Crippen molar-refractivity contribution < 1.29 is 9.66 Å². The van der Waals surface area contributed by atoms with E-state index in [4.69, 9.17) is 4.74 Å². The molecule has 0 unspecified atom stereocenters. The maximum Gasteiger partial charge on any atom is 0.311 e. The van der Waals surface area contributed by atoms with Crippen LogP contribution in [-0.4, -0.2) is 15.1 Å². The van der Waals surface area contributed by atoms with E-state index in [1.807, 2.05) is 6.07 Å². The number of nitro groups is 1. The highest BCUT2D eigenvalue weighted by Gasteiger charge is 2.16. The number of fused-ring (bicyclic) bond motifs is 1. The Morgan fingerprint density at radius 1 is 1.25 bits per heavy atom. The summed E-state index contributed by atoms with van der Waals surface area (Å²) >= 11 is 0. The van der Waals surface area contributed by atoms with E-state index in [1.54, 1.807) is 37.4 Å². The number of benzene rings is 2. The highest BCUT2D eigenvalue weighted by Crippen LogP contribution is 2.32. The van der Waals surface area contributed by atoms with E-state index in [9.17, 15) is 10.1 Å². The van der Waals surface area contributed by atoms with E-state index in [2.05, 4.69) is 10.2 Å². The molecule has 0 radical (unpaired) electrons. The molecule has 0 spiro atoms. The Bertz CT molecular complexity index is 795. The Balaban J connectivity index is 1.99. The minimum absolute atomic E-state index is 0.0466. The van der Waals surface area contributed by atoms with Crippen LogP contribution in [0.1, 0.15) is 5.56 Å². The number of H-pyrrole nitrogens is 1. The van der Waals surface area contributed by atoms with Gasteiger partial charge in [-0.15, -0.1) is 0 Å². The summed E-state index contributed by atoms with van der Waals surface area (Å²) in [5.74, 6) is 0.744. The lowest BCUT2D eigenvalue weighted by atomic mass is 10.2. The van der Waals surface area contributed by atoms with Crippen LogP contribution in [0.2, 0.25) is 0 Å². The molecule has 3 rings (SSSR count). The Morgan fingerprint density at radius 3 is 2.90 bits per heavy atom. The van der Waals surface area contributed by atoms with Gasteiger partial charge in [0.25, 0.3) is 0 Å². The lowest BCUT2D eigenvalue weighted by Crippen LogP contribution is -1.94. The monoisotopic (exact) mass is 269 g/mol. The summed E-state index contributed by atoms with van der Waals surface area (Å²) in [6.45, 7) is 1.80. The topological polar surface area (TPSA) is 81.0 Å². The molecule has 0 fully saturated rings. The third-order valence-electron chi connectivity index (χ3n) is 2.95. The normalized spacial score (nSPS) is 10.7. The molecule has 0 aliphatic carbocycles. The van der Waals surface area contributed by atoms with Gasteiger partial charge in [0.05, 0.1) is 16.6 Å². The van der Waals surface area contributed by atoms with E-state index in [1.165, 1.54) is 6.07 Å². The molecule has 3 aromatic rings. The van der Waals surface area contributed by atoms with Crippen molar-refractivity contribution in [2.24, 2.45) is 0 Å². The third-order valence-corrected chi connectivity index (χ3v) is 2.95. The first-order valence-corrected chi connectivity index (χ1v) is 5.99. The van der Waals surface area contributed by atoms with Crippen molar-refractivity contribution in [3.63, 3.8) is 0 Å². The number of ether oxygens (including phenoxy) is 1. The summed E-state index contributed by atoms with van der Waals surface area (Å²) in [6, 6.07) is 10.2. The minimum atomic E-state index is -0.447. The zero-order valence-corrected chi connectivity index (χ0v) is 10.7. The van der Waals surface area contributed by atoms with Crippen LogP contribution in [0.3, 0.4) is 0 Å². The predicted molar refractivity (Wildman–Crippen MR) is 74.0 cm³/mol. The molecule has 2 aromatic carbocycles. The summed E-state index contributed by atoms with van der Waals surface area (Å²) in [5.41, 5.74) is 1.58. The van der Waals surface area contributed by atoms with E-state index in [0.29, 0.717) is 5.75 Å². The smallest absolute Gasteiger partial charge is 0.311 e. The van der Waals surface area contributed by atoms with Gasteiger partial charge >= 0.3 is 5.69 Å². The number of nitro benzene ring substituents is 1. The number of hydrogen-bond acceptors (Lipinski definition) is 4. The van der Waals surface area contributed by atoms with Crippen molar-refractivity contribution in [3.05, 3.63) is 58.3 Å². The Kier molecular flexibility index (Phi) is 2.83. The summed E-state index contributed by atoms with van der Waals surface area (Å²) < 4.78 is 5.61. The van der Waals surface area contributed by atoms with Crippen LogP contribution < -0.4 is 4.74 Å². The van der Waals surface area contributed by atoms with Crippen LogP contribution in [-0.2, 0) is 0 Å². The van der Waals surface area contributed by atoms with Crippen LogP contribution in [0.15, 0.2) is 42.6 Å². The molecule has 0 amide bonds. The third kappa shape index (κ3) is 2.18. The van der Waals surface area contributed by atoms with E-state index in [0.717, 1.165) is 16.5 Å². The van der Waals surface area contributed by atoms with Crippen LogP contribution in [0.5, 0.6) is 11.5 Å². The Hall–Kier alpha value is -2.89. The molecule has 1 aromatic heterocycles. The first-order chi connectivity index (χ1) is 9.63. The number of aryl methyl sites for hydroxylation is 1. The SMILES string of the molecule is Cc1ccc(Oc2ccc3cn[nH]c3c2)c([N+](=O)[O-])c1. The second kappa shape index (κ2) is 4.65.